The maximum atomic E-state index is 12.0. The van der Waals surface area contributed by atoms with Crippen molar-refractivity contribution in [2.24, 2.45) is 0 Å². The van der Waals surface area contributed by atoms with Crippen LogP contribution in [0.4, 0.5) is 0 Å². The molecule has 0 radical (unpaired) electrons. The number of piperazine rings is 1. The summed E-state index contributed by atoms with van der Waals surface area (Å²) >= 11 is 0. The van der Waals surface area contributed by atoms with Gasteiger partial charge in [-0.3, -0.25) is 0 Å². The van der Waals surface area contributed by atoms with Crippen LogP contribution >= 0.6 is 0 Å². The Kier molecular flexibility index (Phi) is 3.50. The highest BCUT2D eigenvalue weighted by Gasteiger charge is 2.41. The van der Waals surface area contributed by atoms with E-state index in [1.807, 2.05) is 0 Å². The van der Waals surface area contributed by atoms with E-state index in [2.05, 4.69) is 10.0 Å². The van der Waals surface area contributed by atoms with Crippen LogP contribution in [0.3, 0.4) is 0 Å². The average molecular weight is 249 g/mol. The van der Waals surface area contributed by atoms with E-state index in [1.165, 1.54) is 4.31 Å². The van der Waals surface area contributed by atoms with E-state index in [0.717, 1.165) is 19.3 Å². The van der Waals surface area contributed by atoms with Gasteiger partial charge in [0.2, 0.25) is 0 Å². The molecule has 0 amide bonds. The van der Waals surface area contributed by atoms with Crippen molar-refractivity contribution in [3.8, 4) is 0 Å². The Labute approximate surface area is 96.2 Å². The van der Waals surface area contributed by atoms with Gasteiger partial charge < -0.3 is 10.4 Å². The molecule has 3 N–H and O–H groups in total. The number of hydrogen-bond acceptors (Lipinski definition) is 4. The lowest BCUT2D eigenvalue weighted by molar-refractivity contribution is 0.108. The zero-order valence-electron chi connectivity index (χ0n) is 9.28. The predicted octanol–water partition coefficient (Wildman–Crippen LogP) is -1.36. The first-order chi connectivity index (χ1) is 7.58. The first-order valence-electron chi connectivity index (χ1n) is 5.69. The lowest BCUT2D eigenvalue weighted by Gasteiger charge is -2.42. The van der Waals surface area contributed by atoms with Gasteiger partial charge in [0.1, 0.15) is 0 Å². The first-order valence-corrected chi connectivity index (χ1v) is 7.13. The number of hydrogen-bond donors (Lipinski definition) is 3. The standard InChI is InChI=1S/C9H19N3O3S/c13-8-9(2-1-3-9)11-16(14,15)12-6-4-10-5-7-12/h10-11,13H,1-8H2. The van der Waals surface area contributed by atoms with E-state index in [9.17, 15) is 13.5 Å². The minimum absolute atomic E-state index is 0.113. The molecule has 1 heterocycles. The molecule has 94 valence electrons. The number of rotatable bonds is 4. The van der Waals surface area contributed by atoms with Gasteiger partial charge in [-0.05, 0) is 19.3 Å². The van der Waals surface area contributed by atoms with Crippen molar-refractivity contribution >= 4 is 10.2 Å². The van der Waals surface area contributed by atoms with Crippen LogP contribution in [-0.2, 0) is 10.2 Å². The fourth-order valence-corrected chi connectivity index (χ4v) is 3.73. The lowest BCUT2D eigenvalue weighted by atomic mass is 9.78. The molecule has 1 saturated heterocycles. The van der Waals surface area contributed by atoms with Crippen LogP contribution in [0.2, 0.25) is 0 Å². The van der Waals surface area contributed by atoms with E-state index in [-0.39, 0.29) is 6.61 Å². The fourth-order valence-electron chi connectivity index (χ4n) is 2.12. The Morgan fingerprint density at radius 1 is 1.31 bits per heavy atom. The number of nitrogens with one attached hydrogen (secondary N) is 2. The summed E-state index contributed by atoms with van der Waals surface area (Å²) in [6.07, 6.45) is 2.44. The van der Waals surface area contributed by atoms with Crippen molar-refractivity contribution in [1.82, 2.24) is 14.3 Å². The van der Waals surface area contributed by atoms with E-state index >= 15 is 0 Å². The van der Waals surface area contributed by atoms with Gasteiger partial charge in [-0.1, -0.05) is 0 Å². The van der Waals surface area contributed by atoms with Crippen LogP contribution in [0.1, 0.15) is 19.3 Å². The van der Waals surface area contributed by atoms with Crippen molar-refractivity contribution in [2.45, 2.75) is 24.8 Å². The molecule has 0 aromatic carbocycles. The third-order valence-electron chi connectivity index (χ3n) is 3.37. The molecule has 1 aliphatic heterocycles. The Bertz CT molecular complexity index is 328. The summed E-state index contributed by atoms with van der Waals surface area (Å²) in [4.78, 5) is 0. The van der Waals surface area contributed by atoms with Crippen LogP contribution in [0, 0.1) is 0 Å². The number of aliphatic hydroxyl groups is 1. The fraction of sp³-hybridized carbons (Fsp3) is 1.00. The third kappa shape index (κ3) is 2.38. The van der Waals surface area contributed by atoms with Gasteiger partial charge in [0, 0.05) is 26.2 Å². The van der Waals surface area contributed by atoms with Gasteiger partial charge in [-0.25, -0.2) is 0 Å². The second-order valence-corrected chi connectivity index (χ2v) is 6.22. The summed E-state index contributed by atoms with van der Waals surface area (Å²) in [5, 5.41) is 12.3. The highest BCUT2D eigenvalue weighted by Crippen LogP contribution is 2.32. The Morgan fingerprint density at radius 3 is 2.38 bits per heavy atom. The average Bonchev–Trinajstić information content (AvgIpc) is 2.25. The Morgan fingerprint density at radius 2 is 1.94 bits per heavy atom. The molecule has 0 unspecified atom stereocenters. The van der Waals surface area contributed by atoms with Crippen molar-refractivity contribution in [1.29, 1.82) is 0 Å². The van der Waals surface area contributed by atoms with Gasteiger partial charge >= 0.3 is 0 Å². The zero-order chi connectivity index (χ0) is 11.6. The molecule has 16 heavy (non-hydrogen) atoms. The quantitative estimate of drug-likeness (QED) is 0.575. The van der Waals surface area contributed by atoms with Crippen LogP contribution < -0.4 is 10.0 Å². The Balaban J connectivity index is 2.01. The van der Waals surface area contributed by atoms with Crippen LogP contribution in [0.25, 0.3) is 0 Å². The SMILES string of the molecule is O=S(=O)(NC1(CO)CCC1)N1CCNCC1. The molecule has 2 aliphatic rings. The molecule has 0 aromatic heterocycles. The van der Waals surface area contributed by atoms with Crippen LogP contribution in [0.15, 0.2) is 0 Å². The van der Waals surface area contributed by atoms with Crippen molar-refractivity contribution in [2.75, 3.05) is 32.8 Å². The first kappa shape index (κ1) is 12.3. The molecule has 1 aliphatic carbocycles. The number of nitrogens with zero attached hydrogens (tertiary/aromatic N) is 1. The number of aliphatic hydroxyl groups excluding tert-OH is 1. The summed E-state index contributed by atoms with van der Waals surface area (Å²) < 4.78 is 28.1. The molecule has 7 heteroatoms. The third-order valence-corrected chi connectivity index (χ3v) is 5.11. The van der Waals surface area contributed by atoms with Crippen LogP contribution in [0.5, 0.6) is 0 Å². The van der Waals surface area contributed by atoms with Gasteiger partial charge in [0.25, 0.3) is 10.2 Å². The molecule has 2 fully saturated rings. The van der Waals surface area contributed by atoms with E-state index in [0.29, 0.717) is 26.2 Å². The molecular formula is C9H19N3O3S. The van der Waals surface area contributed by atoms with E-state index in [4.69, 9.17) is 0 Å². The minimum atomic E-state index is -3.43. The summed E-state index contributed by atoms with van der Waals surface area (Å²) in [6.45, 7) is 2.26. The molecule has 0 spiro atoms. The minimum Gasteiger partial charge on any atom is -0.394 e. The van der Waals surface area contributed by atoms with Gasteiger partial charge in [-0.15, -0.1) is 0 Å². The van der Waals surface area contributed by atoms with E-state index < -0.39 is 15.7 Å². The smallest absolute Gasteiger partial charge is 0.280 e. The molecule has 2 rings (SSSR count). The molecule has 6 nitrogen and oxygen atoms in total. The van der Waals surface area contributed by atoms with E-state index in [1.54, 1.807) is 0 Å². The Hall–Kier alpha value is -0.210. The largest absolute Gasteiger partial charge is 0.394 e. The monoisotopic (exact) mass is 249 g/mol. The van der Waals surface area contributed by atoms with Crippen molar-refractivity contribution in [3.63, 3.8) is 0 Å². The zero-order valence-corrected chi connectivity index (χ0v) is 10.1. The highest BCUT2D eigenvalue weighted by atomic mass is 32.2. The lowest BCUT2D eigenvalue weighted by Crippen LogP contribution is -2.61. The molecule has 0 atom stereocenters. The second-order valence-electron chi connectivity index (χ2n) is 4.55. The normalized spacial score (nSPS) is 26.3. The van der Waals surface area contributed by atoms with Crippen molar-refractivity contribution < 1.29 is 13.5 Å². The molecule has 0 bridgehead atoms. The van der Waals surface area contributed by atoms with Gasteiger partial charge in [0.05, 0.1) is 12.1 Å². The molecular weight excluding hydrogens is 230 g/mol. The van der Waals surface area contributed by atoms with Crippen LogP contribution in [-0.4, -0.2) is 56.2 Å². The summed E-state index contributed by atoms with van der Waals surface area (Å²) in [6, 6.07) is 0. The highest BCUT2D eigenvalue weighted by molar-refractivity contribution is 7.87. The molecule has 0 aromatic rings. The summed E-state index contributed by atoms with van der Waals surface area (Å²) in [7, 11) is -3.43. The topological polar surface area (TPSA) is 81.7 Å². The van der Waals surface area contributed by atoms with Gasteiger partial charge in [0.15, 0.2) is 0 Å². The maximum Gasteiger partial charge on any atom is 0.280 e. The van der Waals surface area contributed by atoms with Gasteiger partial charge in [-0.2, -0.15) is 17.4 Å². The summed E-state index contributed by atoms with van der Waals surface area (Å²) in [5.74, 6) is 0. The summed E-state index contributed by atoms with van der Waals surface area (Å²) in [5.41, 5.74) is -0.594. The predicted molar refractivity (Wildman–Crippen MR) is 60.2 cm³/mol. The maximum absolute atomic E-state index is 12.0. The molecule has 1 saturated carbocycles. The second kappa shape index (κ2) is 4.58. The van der Waals surface area contributed by atoms with Crippen molar-refractivity contribution in [3.05, 3.63) is 0 Å².